The number of hydrogen-bond acceptors (Lipinski definition) is 6. The molecule has 2 aromatic carbocycles. The van der Waals surface area contributed by atoms with Crippen LogP contribution in [0.3, 0.4) is 0 Å². The number of fused-ring (bicyclic) bond motifs is 1. The lowest BCUT2D eigenvalue weighted by Crippen LogP contribution is -2.09. The maximum Gasteiger partial charge on any atom is 0.267 e. The lowest BCUT2D eigenvalue weighted by molar-refractivity contribution is 0.103. The van der Waals surface area contributed by atoms with Crippen LogP contribution in [0.2, 0.25) is 0 Å². The number of rotatable bonds is 5. The van der Waals surface area contributed by atoms with Crippen LogP contribution in [-0.4, -0.2) is 16.1 Å². The van der Waals surface area contributed by atoms with Gasteiger partial charge in [-0.25, -0.2) is 0 Å². The van der Waals surface area contributed by atoms with Crippen LogP contribution >= 0.6 is 34.4 Å². The molecular weight excluding hydrogens is 370 g/mol. The van der Waals surface area contributed by atoms with Crippen LogP contribution in [0.1, 0.15) is 15.2 Å². The number of amides is 1. The molecule has 7 heteroatoms. The number of nitrogens with one attached hydrogen (secondary N) is 1. The molecule has 4 aromatic rings. The van der Waals surface area contributed by atoms with Crippen LogP contribution in [0.25, 0.3) is 10.8 Å². The molecule has 4 nitrogen and oxygen atoms in total. The van der Waals surface area contributed by atoms with Crippen molar-refractivity contribution in [2.45, 2.75) is 10.1 Å². The zero-order valence-electron chi connectivity index (χ0n) is 13.0. The summed E-state index contributed by atoms with van der Waals surface area (Å²) in [5.74, 6) is 0.672. The number of aromatic nitrogens is 2. The first-order valence-corrected chi connectivity index (χ1v) is 10.3. The fourth-order valence-electron chi connectivity index (χ4n) is 2.44. The Balaban J connectivity index is 1.44. The molecular formula is C18H13N3OS3. The Labute approximate surface area is 156 Å². The zero-order valence-corrected chi connectivity index (χ0v) is 15.5. The molecule has 0 radical (unpaired) electrons. The van der Waals surface area contributed by atoms with E-state index in [9.17, 15) is 4.79 Å². The summed E-state index contributed by atoms with van der Waals surface area (Å²) < 4.78 is 0.842. The van der Waals surface area contributed by atoms with Crippen molar-refractivity contribution in [1.29, 1.82) is 0 Å². The number of nitrogens with zero attached hydrogens (tertiary/aromatic N) is 2. The zero-order chi connectivity index (χ0) is 17.1. The van der Waals surface area contributed by atoms with E-state index in [4.69, 9.17) is 0 Å². The topological polar surface area (TPSA) is 54.9 Å². The third-order valence-corrected chi connectivity index (χ3v) is 6.49. The molecule has 0 saturated carbocycles. The molecule has 0 fully saturated rings. The van der Waals surface area contributed by atoms with Crippen LogP contribution in [0.4, 0.5) is 5.13 Å². The van der Waals surface area contributed by atoms with Gasteiger partial charge >= 0.3 is 0 Å². The average Bonchev–Trinajstić information content (AvgIpc) is 3.32. The first-order chi connectivity index (χ1) is 12.3. The second-order valence-corrected chi connectivity index (χ2v) is 8.38. The quantitative estimate of drug-likeness (QED) is 0.375. The summed E-state index contributed by atoms with van der Waals surface area (Å²) in [6.07, 6.45) is 0. The van der Waals surface area contributed by atoms with E-state index < -0.39 is 0 Å². The third kappa shape index (κ3) is 3.73. The minimum absolute atomic E-state index is 0.142. The molecule has 0 aliphatic rings. The molecule has 124 valence electrons. The van der Waals surface area contributed by atoms with E-state index >= 15 is 0 Å². The highest BCUT2D eigenvalue weighted by Gasteiger charge is 2.11. The summed E-state index contributed by atoms with van der Waals surface area (Å²) in [6, 6.07) is 18.3. The lowest BCUT2D eigenvalue weighted by atomic mass is 10.1. The molecule has 0 saturated heterocycles. The third-order valence-electron chi connectivity index (χ3n) is 3.60. The van der Waals surface area contributed by atoms with Crippen molar-refractivity contribution in [3.63, 3.8) is 0 Å². The van der Waals surface area contributed by atoms with Gasteiger partial charge in [-0.3, -0.25) is 10.1 Å². The van der Waals surface area contributed by atoms with E-state index in [-0.39, 0.29) is 5.91 Å². The molecule has 25 heavy (non-hydrogen) atoms. The van der Waals surface area contributed by atoms with Crippen LogP contribution in [-0.2, 0) is 5.75 Å². The smallest absolute Gasteiger partial charge is 0.267 e. The van der Waals surface area contributed by atoms with Gasteiger partial charge in [-0.15, -0.1) is 21.5 Å². The Kier molecular flexibility index (Phi) is 4.78. The SMILES string of the molecule is O=C(Nc1nnc(SCc2cccc3ccccc23)s1)c1cccs1. The second kappa shape index (κ2) is 7.35. The van der Waals surface area contributed by atoms with Crippen LogP contribution in [0.5, 0.6) is 0 Å². The Hall–Kier alpha value is -2.22. The number of carbonyl (C=O) groups is 1. The highest BCUT2D eigenvalue weighted by atomic mass is 32.2. The van der Waals surface area contributed by atoms with Crippen LogP contribution < -0.4 is 5.32 Å². The normalized spacial score (nSPS) is 10.9. The van der Waals surface area contributed by atoms with Crippen molar-refractivity contribution in [1.82, 2.24) is 10.2 Å². The van der Waals surface area contributed by atoms with Gasteiger partial charge in [0.25, 0.3) is 5.91 Å². The molecule has 1 N–H and O–H groups in total. The van der Waals surface area contributed by atoms with Gasteiger partial charge in [-0.05, 0) is 27.8 Å². The second-order valence-electron chi connectivity index (χ2n) is 5.23. The summed E-state index contributed by atoms with van der Waals surface area (Å²) in [7, 11) is 0. The highest BCUT2D eigenvalue weighted by molar-refractivity contribution is 8.00. The van der Waals surface area contributed by atoms with E-state index in [0.29, 0.717) is 10.0 Å². The van der Waals surface area contributed by atoms with Crippen molar-refractivity contribution in [2.75, 3.05) is 5.32 Å². The van der Waals surface area contributed by atoms with Crippen LogP contribution in [0.15, 0.2) is 64.3 Å². The van der Waals surface area contributed by atoms with Crippen molar-refractivity contribution in [3.05, 3.63) is 70.4 Å². The number of thioether (sulfide) groups is 1. The van der Waals surface area contributed by atoms with E-state index in [1.807, 2.05) is 17.5 Å². The van der Waals surface area contributed by atoms with Gasteiger partial charge in [0.2, 0.25) is 5.13 Å². The van der Waals surface area contributed by atoms with Gasteiger partial charge in [0.05, 0.1) is 4.88 Å². The fraction of sp³-hybridized carbons (Fsp3) is 0.0556. The number of thiophene rings is 1. The molecule has 0 spiro atoms. The molecule has 4 rings (SSSR count). The van der Waals surface area contributed by atoms with E-state index in [1.165, 1.54) is 39.0 Å². The number of benzene rings is 2. The van der Waals surface area contributed by atoms with Gasteiger partial charge in [0, 0.05) is 5.75 Å². The van der Waals surface area contributed by atoms with E-state index in [1.54, 1.807) is 17.8 Å². The maximum atomic E-state index is 12.0. The van der Waals surface area contributed by atoms with Gasteiger partial charge in [0.15, 0.2) is 4.34 Å². The predicted molar refractivity (Wildman–Crippen MR) is 106 cm³/mol. The predicted octanol–water partition coefficient (Wildman–Crippen LogP) is 5.30. The Morgan fingerprint density at radius 1 is 1.04 bits per heavy atom. The van der Waals surface area contributed by atoms with Gasteiger partial charge in [-0.1, -0.05) is 71.6 Å². The van der Waals surface area contributed by atoms with Gasteiger partial charge in [0.1, 0.15) is 0 Å². The Morgan fingerprint density at radius 3 is 2.80 bits per heavy atom. The fourth-order valence-corrected chi connectivity index (χ4v) is 4.81. The first kappa shape index (κ1) is 16.3. The first-order valence-electron chi connectivity index (χ1n) is 7.57. The van der Waals surface area contributed by atoms with Crippen LogP contribution in [0, 0.1) is 0 Å². The lowest BCUT2D eigenvalue weighted by Gasteiger charge is -2.04. The molecule has 0 aliphatic heterocycles. The molecule has 0 bridgehead atoms. The van der Waals surface area contributed by atoms with E-state index in [2.05, 4.69) is 51.9 Å². The van der Waals surface area contributed by atoms with Crippen molar-refractivity contribution in [3.8, 4) is 0 Å². The average molecular weight is 384 g/mol. The Morgan fingerprint density at radius 2 is 1.92 bits per heavy atom. The standard InChI is InChI=1S/C18H13N3OS3/c22-16(15-9-4-10-23-15)19-17-20-21-18(25-17)24-11-13-7-3-6-12-5-1-2-8-14(12)13/h1-10H,11H2,(H,19,20,22). The molecule has 0 atom stereocenters. The summed E-state index contributed by atoms with van der Waals surface area (Å²) in [6.45, 7) is 0. The maximum absolute atomic E-state index is 12.0. The van der Waals surface area contributed by atoms with Gasteiger partial charge in [-0.2, -0.15) is 0 Å². The largest absolute Gasteiger partial charge is 0.296 e. The minimum Gasteiger partial charge on any atom is -0.296 e. The summed E-state index contributed by atoms with van der Waals surface area (Å²) in [5, 5.41) is 15.9. The minimum atomic E-state index is -0.142. The Bertz CT molecular complexity index is 1010. The number of anilines is 1. The van der Waals surface area contributed by atoms with E-state index in [0.717, 1.165) is 10.1 Å². The van der Waals surface area contributed by atoms with Crippen molar-refractivity contribution < 1.29 is 4.79 Å². The molecule has 2 aromatic heterocycles. The summed E-state index contributed by atoms with van der Waals surface area (Å²) in [4.78, 5) is 12.7. The summed E-state index contributed by atoms with van der Waals surface area (Å²) in [5.41, 5.74) is 1.27. The number of carbonyl (C=O) groups excluding carboxylic acids is 1. The number of hydrogen-bond donors (Lipinski definition) is 1. The highest BCUT2D eigenvalue weighted by Crippen LogP contribution is 2.31. The molecule has 0 aliphatic carbocycles. The molecule has 2 heterocycles. The molecule has 1 amide bonds. The summed E-state index contributed by atoms with van der Waals surface area (Å²) >= 11 is 4.43. The van der Waals surface area contributed by atoms with Crippen molar-refractivity contribution in [2.24, 2.45) is 0 Å². The van der Waals surface area contributed by atoms with Gasteiger partial charge < -0.3 is 0 Å². The monoisotopic (exact) mass is 383 g/mol. The molecule has 0 unspecified atom stereocenters. The van der Waals surface area contributed by atoms with Crippen molar-refractivity contribution >= 4 is 56.2 Å².